The minimum atomic E-state index is -0.891. The topological polar surface area (TPSA) is 85.1 Å². The first-order chi connectivity index (χ1) is 7.63. The van der Waals surface area contributed by atoms with E-state index in [1.165, 1.54) is 0 Å². The number of hydrogen-bond acceptors (Lipinski definition) is 4. The molecule has 1 atom stereocenters. The number of amides is 1. The standard InChI is InChI=1S/C10H15N3O2S/c1-16(15)5-4-13-10(14)8-2-3-12-9(6-8)7-11/h2-3,6H,4-5,7,11H2,1H3,(H,13,14). The summed E-state index contributed by atoms with van der Waals surface area (Å²) in [6.45, 7) is 0.711. The molecule has 0 aromatic carbocycles. The van der Waals surface area contributed by atoms with Gasteiger partial charge in [0, 0.05) is 47.7 Å². The molecule has 0 spiro atoms. The van der Waals surface area contributed by atoms with Crippen molar-refractivity contribution in [1.29, 1.82) is 0 Å². The molecule has 1 aromatic heterocycles. The lowest BCUT2D eigenvalue weighted by molar-refractivity contribution is 0.0956. The van der Waals surface area contributed by atoms with Crippen molar-refractivity contribution in [3.05, 3.63) is 29.6 Å². The molecule has 0 saturated heterocycles. The zero-order chi connectivity index (χ0) is 12.0. The van der Waals surface area contributed by atoms with E-state index in [1.807, 2.05) is 0 Å². The highest BCUT2D eigenvalue weighted by molar-refractivity contribution is 7.84. The highest BCUT2D eigenvalue weighted by Crippen LogP contribution is 2.00. The van der Waals surface area contributed by atoms with Crippen LogP contribution in [0.2, 0.25) is 0 Å². The maximum atomic E-state index is 11.6. The van der Waals surface area contributed by atoms with Gasteiger partial charge in [-0.3, -0.25) is 14.0 Å². The molecule has 0 aliphatic heterocycles. The maximum absolute atomic E-state index is 11.6. The summed E-state index contributed by atoms with van der Waals surface area (Å²) in [6.07, 6.45) is 3.15. The van der Waals surface area contributed by atoms with E-state index in [4.69, 9.17) is 5.73 Å². The number of nitrogens with one attached hydrogen (secondary N) is 1. The Morgan fingerprint density at radius 2 is 2.38 bits per heavy atom. The summed E-state index contributed by atoms with van der Waals surface area (Å²) in [6, 6.07) is 3.27. The van der Waals surface area contributed by atoms with Crippen LogP contribution in [-0.4, -0.2) is 33.7 Å². The number of carbonyl (C=O) groups is 1. The lowest BCUT2D eigenvalue weighted by Crippen LogP contribution is -2.27. The summed E-state index contributed by atoms with van der Waals surface area (Å²) in [5.74, 6) is 0.267. The van der Waals surface area contributed by atoms with Crippen molar-refractivity contribution in [1.82, 2.24) is 10.3 Å². The Labute approximate surface area is 96.9 Å². The Balaban J connectivity index is 2.55. The highest BCUT2D eigenvalue weighted by atomic mass is 32.2. The number of aromatic nitrogens is 1. The molecule has 1 amide bonds. The molecule has 0 radical (unpaired) electrons. The van der Waals surface area contributed by atoms with Crippen molar-refractivity contribution in [2.24, 2.45) is 5.73 Å². The summed E-state index contributed by atoms with van der Waals surface area (Å²) in [5.41, 5.74) is 6.62. The molecule has 88 valence electrons. The number of nitrogens with two attached hydrogens (primary N) is 1. The van der Waals surface area contributed by atoms with Crippen LogP contribution >= 0.6 is 0 Å². The van der Waals surface area contributed by atoms with Crippen molar-refractivity contribution in [3.63, 3.8) is 0 Å². The first kappa shape index (κ1) is 12.8. The molecule has 1 heterocycles. The molecule has 0 aliphatic carbocycles. The lowest BCUT2D eigenvalue weighted by Gasteiger charge is -2.04. The van der Waals surface area contributed by atoms with Gasteiger partial charge in [-0.15, -0.1) is 0 Å². The van der Waals surface area contributed by atoms with Crippen LogP contribution in [0.3, 0.4) is 0 Å². The van der Waals surface area contributed by atoms with E-state index in [1.54, 1.807) is 24.6 Å². The van der Waals surface area contributed by atoms with Gasteiger partial charge in [-0.1, -0.05) is 0 Å². The first-order valence-corrected chi connectivity index (χ1v) is 6.59. The van der Waals surface area contributed by atoms with Gasteiger partial charge in [0.25, 0.3) is 5.91 Å². The Morgan fingerprint density at radius 1 is 1.62 bits per heavy atom. The summed E-state index contributed by atoms with van der Waals surface area (Å²) in [4.78, 5) is 15.6. The van der Waals surface area contributed by atoms with Crippen molar-refractivity contribution >= 4 is 16.7 Å². The molecule has 1 unspecified atom stereocenters. The van der Waals surface area contributed by atoms with Gasteiger partial charge in [0.2, 0.25) is 0 Å². The van der Waals surface area contributed by atoms with Crippen LogP contribution in [0.25, 0.3) is 0 Å². The molecular weight excluding hydrogens is 226 g/mol. The molecule has 16 heavy (non-hydrogen) atoms. The molecule has 0 aliphatic rings. The van der Waals surface area contributed by atoms with Crippen LogP contribution in [0.5, 0.6) is 0 Å². The largest absolute Gasteiger partial charge is 0.351 e. The molecular formula is C10H15N3O2S. The predicted molar refractivity (Wildman–Crippen MR) is 63.4 cm³/mol. The summed E-state index contributed by atoms with van der Waals surface area (Å²) in [7, 11) is -0.891. The Morgan fingerprint density at radius 3 is 3.00 bits per heavy atom. The number of carbonyl (C=O) groups excluding carboxylic acids is 1. The number of nitrogens with zero attached hydrogens (tertiary/aromatic N) is 1. The van der Waals surface area contributed by atoms with Crippen LogP contribution in [-0.2, 0) is 17.3 Å². The smallest absolute Gasteiger partial charge is 0.251 e. The van der Waals surface area contributed by atoms with E-state index in [9.17, 15) is 9.00 Å². The van der Waals surface area contributed by atoms with Crippen LogP contribution < -0.4 is 11.1 Å². The third-order valence-electron chi connectivity index (χ3n) is 1.96. The second kappa shape index (κ2) is 6.34. The zero-order valence-electron chi connectivity index (χ0n) is 9.10. The van der Waals surface area contributed by atoms with Gasteiger partial charge in [0.1, 0.15) is 0 Å². The zero-order valence-corrected chi connectivity index (χ0v) is 9.92. The third-order valence-corrected chi connectivity index (χ3v) is 2.74. The van der Waals surface area contributed by atoms with Gasteiger partial charge >= 0.3 is 0 Å². The Bertz CT molecular complexity index is 395. The fraction of sp³-hybridized carbons (Fsp3) is 0.400. The molecule has 1 rings (SSSR count). The van der Waals surface area contributed by atoms with Gasteiger partial charge < -0.3 is 11.1 Å². The minimum Gasteiger partial charge on any atom is -0.351 e. The fourth-order valence-corrected chi connectivity index (χ4v) is 1.53. The third kappa shape index (κ3) is 4.08. The van der Waals surface area contributed by atoms with E-state index >= 15 is 0 Å². The first-order valence-electron chi connectivity index (χ1n) is 4.86. The lowest BCUT2D eigenvalue weighted by atomic mass is 10.2. The average Bonchev–Trinajstić information content (AvgIpc) is 2.28. The maximum Gasteiger partial charge on any atom is 0.251 e. The van der Waals surface area contributed by atoms with Gasteiger partial charge in [0.15, 0.2) is 0 Å². The van der Waals surface area contributed by atoms with Crippen molar-refractivity contribution in [2.75, 3.05) is 18.6 Å². The summed E-state index contributed by atoms with van der Waals surface area (Å²) in [5, 5.41) is 2.68. The van der Waals surface area contributed by atoms with E-state index in [2.05, 4.69) is 10.3 Å². The second-order valence-corrected chi connectivity index (χ2v) is 4.83. The molecule has 0 bridgehead atoms. The van der Waals surface area contributed by atoms with Crippen molar-refractivity contribution < 1.29 is 9.00 Å². The van der Waals surface area contributed by atoms with Gasteiger partial charge in [-0.05, 0) is 12.1 Å². The summed E-state index contributed by atoms with van der Waals surface area (Å²) >= 11 is 0. The second-order valence-electron chi connectivity index (χ2n) is 3.27. The number of rotatable bonds is 5. The molecule has 5 nitrogen and oxygen atoms in total. The number of hydrogen-bond donors (Lipinski definition) is 2. The van der Waals surface area contributed by atoms with E-state index in [0.717, 1.165) is 0 Å². The van der Waals surface area contributed by atoms with Crippen molar-refractivity contribution in [2.45, 2.75) is 6.54 Å². The minimum absolute atomic E-state index is 0.192. The van der Waals surface area contributed by atoms with Crippen LogP contribution in [0.15, 0.2) is 18.3 Å². The van der Waals surface area contributed by atoms with E-state index in [-0.39, 0.29) is 5.91 Å². The fourth-order valence-electron chi connectivity index (χ4n) is 1.14. The van der Waals surface area contributed by atoms with Gasteiger partial charge in [-0.25, -0.2) is 0 Å². The Kier molecular flexibility index (Phi) is 5.07. The molecule has 0 fully saturated rings. The van der Waals surface area contributed by atoms with E-state index < -0.39 is 10.8 Å². The monoisotopic (exact) mass is 241 g/mol. The summed E-state index contributed by atoms with van der Waals surface area (Å²) < 4.78 is 10.8. The molecule has 1 aromatic rings. The molecule has 6 heteroatoms. The SMILES string of the molecule is CS(=O)CCNC(=O)c1ccnc(CN)c1. The predicted octanol–water partition coefficient (Wildman–Crippen LogP) is -0.351. The molecule has 0 saturated carbocycles. The highest BCUT2D eigenvalue weighted by Gasteiger charge is 2.05. The van der Waals surface area contributed by atoms with Crippen LogP contribution in [0.1, 0.15) is 16.1 Å². The van der Waals surface area contributed by atoms with Crippen LogP contribution in [0.4, 0.5) is 0 Å². The molecule has 3 N–H and O–H groups in total. The van der Waals surface area contributed by atoms with Gasteiger partial charge in [-0.2, -0.15) is 0 Å². The van der Waals surface area contributed by atoms with Gasteiger partial charge in [0.05, 0.1) is 5.69 Å². The normalized spacial score (nSPS) is 12.1. The number of pyridine rings is 1. The van der Waals surface area contributed by atoms with E-state index in [0.29, 0.717) is 30.1 Å². The Hall–Kier alpha value is -1.27. The quantitative estimate of drug-likeness (QED) is 0.738. The van der Waals surface area contributed by atoms with Crippen LogP contribution in [0, 0.1) is 0 Å². The average molecular weight is 241 g/mol. The van der Waals surface area contributed by atoms with Crippen molar-refractivity contribution in [3.8, 4) is 0 Å².